The van der Waals surface area contributed by atoms with Crippen LogP contribution in [-0.2, 0) is 25.6 Å². The molecule has 2 amide bonds. The van der Waals surface area contributed by atoms with Gasteiger partial charge < -0.3 is 27.4 Å². The second kappa shape index (κ2) is 13.5. The summed E-state index contributed by atoms with van der Waals surface area (Å²) in [7, 11) is 0. The van der Waals surface area contributed by atoms with Gasteiger partial charge in [-0.1, -0.05) is 30.3 Å². The van der Waals surface area contributed by atoms with Gasteiger partial charge in [-0.25, -0.2) is 0 Å². The third-order valence-corrected chi connectivity index (χ3v) is 5.51. The predicted octanol–water partition coefficient (Wildman–Crippen LogP) is -0.619. The van der Waals surface area contributed by atoms with Crippen molar-refractivity contribution in [2.75, 3.05) is 19.0 Å². The molecule has 7 N–H and O–H groups in total. The van der Waals surface area contributed by atoms with Crippen LogP contribution in [-0.4, -0.2) is 66.4 Å². The molecule has 0 spiro atoms. The molecule has 0 radical (unpaired) electrons. The van der Waals surface area contributed by atoms with E-state index in [4.69, 9.17) is 23.1 Å². The quantitative estimate of drug-likeness (QED) is 0.0827. The summed E-state index contributed by atoms with van der Waals surface area (Å²) < 4.78 is 0. The summed E-state index contributed by atoms with van der Waals surface area (Å²) in [5.41, 5.74) is 11.4. The van der Waals surface area contributed by atoms with Gasteiger partial charge in [0.1, 0.15) is 6.04 Å². The highest BCUT2D eigenvalue weighted by Gasteiger charge is 2.31. The third kappa shape index (κ3) is 8.82. The molecule has 0 bridgehead atoms. The predicted molar refractivity (Wildman–Crippen MR) is 126 cm³/mol. The Morgan fingerprint density at radius 2 is 1.85 bits per heavy atom. The van der Waals surface area contributed by atoms with Crippen molar-refractivity contribution in [3.05, 3.63) is 35.9 Å². The molecular formula is C22H31ClN6O4. The fraction of sp³-hybridized carbons (Fsp3) is 0.500. The molecule has 33 heavy (non-hydrogen) atoms. The van der Waals surface area contributed by atoms with Gasteiger partial charge in [0.2, 0.25) is 23.4 Å². The fourth-order valence-corrected chi connectivity index (χ4v) is 3.68. The highest BCUT2D eigenvalue weighted by molar-refractivity contribution is 6.48. The van der Waals surface area contributed by atoms with E-state index in [1.807, 2.05) is 30.3 Å². The van der Waals surface area contributed by atoms with Crippen molar-refractivity contribution < 1.29 is 19.2 Å². The zero-order valence-corrected chi connectivity index (χ0v) is 19.1. The Balaban J connectivity index is 2.14. The minimum Gasteiger partial charge on any atom is -0.370 e. The topological polar surface area (TPSA) is 169 Å². The third-order valence-electron chi connectivity index (χ3n) is 5.27. The van der Waals surface area contributed by atoms with Gasteiger partial charge in [0.05, 0.1) is 18.0 Å². The first kappa shape index (κ1) is 26.3. The minimum atomic E-state index is -1.10. The van der Waals surface area contributed by atoms with Crippen molar-refractivity contribution >= 4 is 40.9 Å². The maximum atomic E-state index is 13.2. The SMILES string of the molecule is NC(N)=NCCC[C@H](NC(=O)[C@H](Cc1ccccc1)NC(=O)[C@H]1CCCN1)C(=O)C(=O)CCl. The number of rotatable bonds is 13. The summed E-state index contributed by atoms with van der Waals surface area (Å²) in [5, 5.41) is 8.51. The fourth-order valence-electron chi connectivity index (χ4n) is 3.54. The molecule has 11 heteroatoms. The molecule has 0 saturated carbocycles. The van der Waals surface area contributed by atoms with Crippen molar-refractivity contribution in [2.45, 2.75) is 50.2 Å². The lowest BCUT2D eigenvalue weighted by Crippen LogP contribution is -2.55. The van der Waals surface area contributed by atoms with E-state index in [9.17, 15) is 19.2 Å². The number of ketones is 2. The van der Waals surface area contributed by atoms with Crippen molar-refractivity contribution in [3.63, 3.8) is 0 Å². The normalized spacial score (nSPS) is 16.9. The van der Waals surface area contributed by atoms with Crippen molar-refractivity contribution in [2.24, 2.45) is 16.5 Å². The van der Waals surface area contributed by atoms with Crippen molar-refractivity contribution in [1.82, 2.24) is 16.0 Å². The molecule has 1 saturated heterocycles. The number of nitrogens with two attached hydrogens (primary N) is 2. The highest BCUT2D eigenvalue weighted by Crippen LogP contribution is 2.09. The van der Waals surface area contributed by atoms with E-state index >= 15 is 0 Å². The molecule has 1 aliphatic rings. The van der Waals surface area contributed by atoms with Crippen molar-refractivity contribution in [1.29, 1.82) is 0 Å². The van der Waals surface area contributed by atoms with Crippen LogP contribution >= 0.6 is 11.6 Å². The van der Waals surface area contributed by atoms with Crippen LogP contribution in [0.3, 0.4) is 0 Å². The molecule has 0 unspecified atom stereocenters. The molecule has 10 nitrogen and oxygen atoms in total. The number of halogens is 1. The molecule has 1 aromatic rings. The minimum absolute atomic E-state index is 0.0927. The van der Waals surface area contributed by atoms with Gasteiger partial charge in [-0.05, 0) is 37.8 Å². The molecule has 1 fully saturated rings. The number of carbonyl (C=O) groups is 4. The average Bonchev–Trinajstić information content (AvgIpc) is 3.35. The zero-order chi connectivity index (χ0) is 24.2. The number of benzene rings is 1. The summed E-state index contributed by atoms with van der Waals surface area (Å²) in [6, 6.07) is 6.80. The van der Waals surface area contributed by atoms with E-state index in [2.05, 4.69) is 20.9 Å². The van der Waals surface area contributed by atoms with Gasteiger partial charge in [-0.3, -0.25) is 24.2 Å². The Morgan fingerprint density at radius 3 is 2.45 bits per heavy atom. The summed E-state index contributed by atoms with van der Waals surface area (Å²) >= 11 is 5.54. The van der Waals surface area contributed by atoms with E-state index < -0.39 is 35.4 Å². The van der Waals surface area contributed by atoms with E-state index in [0.717, 1.165) is 18.5 Å². The number of hydrogen-bond donors (Lipinski definition) is 5. The smallest absolute Gasteiger partial charge is 0.243 e. The lowest BCUT2D eigenvalue weighted by molar-refractivity contribution is -0.138. The first-order chi connectivity index (χ1) is 15.8. The van der Waals surface area contributed by atoms with E-state index in [0.29, 0.717) is 12.8 Å². The summed E-state index contributed by atoms with van der Waals surface area (Å²) in [5.74, 6) is -3.03. The van der Waals surface area contributed by atoms with Crippen LogP contribution in [0.5, 0.6) is 0 Å². The molecule has 2 rings (SSSR count). The van der Waals surface area contributed by atoms with Crippen LogP contribution in [0.15, 0.2) is 35.3 Å². The number of amides is 2. The van der Waals surface area contributed by atoms with Gasteiger partial charge in [-0.2, -0.15) is 0 Å². The second-order valence-corrected chi connectivity index (χ2v) is 8.10. The molecule has 0 aliphatic carbocycles. The Labute approximate surface area is 197 Å². The van der Waals surface area contributed by atoms with Gasteiger partial charge in [0.15, 0.2) is 5.96 Å². The van der Waals surface area contributed by atoms with Crippen LogP contribution in [0.1, 0.15) is 31.2 Å². The number of hydrogen-bond acceptors (Lipinski definition) is 6. The number of carbonyl (C=O) groups excluding carboxylic acids is 4. The maximum absolute atomic E-state index is 13.2. The zero-order valence-electron chi connectivity index (χ0n) is 18.4. The van der Waals surface area contributed by atoms with Crippen LogP contribution in [0.25, 0.3) is 0 Å². The number of guanidine groups is 1. The monoisotopic (exact) mass is 478 g/mol. The number of nitrogens with one attached hydrogen (secondary N) is 3. The van der Waals surface area contributed by atoms with Crippen LogP contribution in [0.4, 0.5) is 0 Å². The average molecular weight is 479 g/mol. The molecular weight excluding hydrogens is 448 g/mol. The largest absolute Gasteiger partial charge is 0.370 e. The Morgan fingerprint density at radius 1 is 1.12 bits per heavy atom. The van der Waals surface area contributed by atoms with E-state index in [-0.39, 0.29) is 37.3 Å². The highest BCUT2D eigenvalue weighted by atomic mass is 35.5. The number of Topliss-reactive ketones (excluding diaryl/α,β-unsaturated/α-hetero) is 2. The summed E-state index contributed by atoms with van der Waals surface area (Å²) in [4.78, 5) is 54.1. The number of nitrogens with zero attached hydrogens (tertiary/aromatic N) is 1. The Bertz CT molecular complexity index is 854. The molecule has 3 atom stereocenters. The van der Waals surface area contributed by atoms with Crippen LogP contribution < -0.4 is 27.4 Å². The van der Waals surface area contributed by atoms with Gasteiger partial charge in [-0.15, -0.1) is 11.6 Å². The summed E-state index contributed by atoms with van der Waals surface area (Å²) in [6.07, 6.45) is 2.28. The van der Waals surface area contributed by atoms with Gasteiger partial charge in [0.25, 0.3) is 0 Å². The standard InChI is InChI=1S/C22H31ClN6O4/c23-13-18(30)19(31)15(8-4-11-27-22(24)25)28-21(33)17(12-14-6-2-1-3-7-14)29-20(32)16-9-5-10-26-16/h1-3,6-7,15-17,26H,4-5,8-13H2,(H,28,33)(H,29,32)(H4,24,25,27)/t15-,16+,17-/m0/s1. The van der Waals surface area contributed by atoms with E-state index in [1.165, 1.54) is 0 Å². The Hall–Kier alpha value is -2.98. The molecule has 1 heterocycles. The molecule has 1 aromatic carbocycles. The molecule has 180 valence electrons. The first-order valence-corrected chi connectivity index (χ1v) is 11.4. The second-order valence-electron chi connectivity index (χ2n) is 7.83. The van der Waals surface area contributed by atoms with Crippen LogP contribution in [0, 0.1) is 0 Å². The molecule has 1 aliphatic heterocycles. The molecule has 0 aromatic heterocycles. The van der Waals surface area contributed by atoms with Gasteiger partial charge >= 0.3 is 0 Å². The number of aliphatic imine (C=N–C) groups is 1. The van der Waals surface area contributed by atoms with Crippen LogP contribution in [0.2, 0.25) is 0 Å². The number of alkyl halides is 1. The Kier molecular flexibility index (Phi) is 10.8. The maximum Gasteiger partial charge on any atom is 0.243 e. The summed E-state index contributed by atoms with van der Waals surface area (Å²) in [6.45, 7) is 0.967. The van der Waals surface area contributed by atoms with E-state index in [1.54, 1.807) is 0 Å². The lowest BCUT2D eigenvalue weighted by Gasteiger charge is -2.24. The van der Waals surface area contributed by atoms with Crippen molar-refractivity contribution in [3.8, 4) is 0 Å². The first-order valence-electron chi connectivity index (χ1n) is 10.9. The van der Waals surface area contributed by atoms with Gasteiger partial charge in [0, 0.05) is 13.0 Å². The lowest BCUT2D eigenvalue weighted by atomic mass is 10.0.